The first kappa shape index (κ1) is 13.6. The monoisotopic (exact) mass is 279 g/mol. The molecule has 0 aliphatic carbocycles. The second-order valence-electron chi connectivity index (χ2n) is 4.73. The van der Waals surface area contributed by atoms with Gasteiger partial charge in [-0.25, -0.2) is 4.79 Å². The predicted octanol–water partition coefficient (Wildman–Crippen LogP) is 1.80. The fourth-order valence-electron chi connectivity index (χ4n) is 1.95. The first-order valence-corrected chi connectivity index (χ1v) is 6.65. The van der Waals surface area contributed by atoms with Gasteiger partial charge in [0, 0.05) is 10.5 Å². The molecule has 1 aromatic carbocycles. The van der Waals surface area contributed by atoms with Gasteiger partial charge in [-0.15, -0.1) is 11.8 Å². The lowest BCUT2D eigenvalue weighted by Gasteiger charge is -2.38. The van der Waals surface area contributed by atoms with Crippen molar-refractivity contribution in [2.24, 2.45) is 0 Å². The van der Waals surface area contributed by atoms with Crippen LogP contribution in [0.3, 0.4) is 0 Å². The summed E-state index contributed by atoms with van der Waals surface area (Å²) in [4.78, 5) is 36.3. The molecule has 6 heteroatoms. The highest BCUT2D eigenvalue weighted by Gasteiger charge is 2.41. The molecule has 0 aromatic heterocycles. The SMILES string of the molecule is CC(C)(C(=O)O)N1C(=O)CSc2ccc(C=O)cc21. The van der Waals surface area contributed by atoms with Gasteiger partial charge in [0.25, 0.3) is 0 Å². The Bertz CT molecular complexity index is 568. The van der Waals surface area contributed by atoms with Crippen LogP contribution >= 0.6 is 11.8 Å². The summed E-state index contributed by atoms with van der Waals surface area (Å²) in [6.45, 7) is 2.95. The van der Waals surface area contributed by atoms with Crippen molar-refractivity contribution in [1.82, 2.24) is 0 Å². The van der Waals surface area contributed by atoms with Crippen molar-refractivity contribution in [1.29, 1.82) is 0 Å². The molecular formula is C13H13NO4S. The smallest absolute Gasteiger partial charge is 0.329 e. The van der Waals surface area contributed by atoms with Crippen LogP contribution in [0, 0.1) is 0 Å². The Balaban J connectivity index is 2.60. The van der Waals surface area contributed by atoms with Gasteiger partial charge >= 0.3 is 5.97 Å². The van der Waals surface area contributed by atoms with Crippen LogP contribution in [0.2, 0.25) is 0 Å². The van der Waals surface area contributed by atoms with Crippen LogP contribution in [-0.2, 0) is 9.59 Å². The molecule has 100 valence electrons. The van der Waals surface area contributed by atoms with Crippen LogP contribution in [-0.4, -0.2) is 34.6 Å². The number of carbonyl (C=O) groups is 3. The van der Waals surface area contributed by atoms with E-state index in [2.05, 4.69) is 0 Å². The van der Waals surface area contributed by atoms with E-state index in [0.29, 0.717) is 17.5 Å². The molecule has 0 radical (unpaired) electrons. The number of carboxylic acids is 1. The molecule has 5 nitrogen and oxygen atoms in total. The van der Waals surface area contributed by atoms with Gasteiger partial charge < -0.3 is 5.11 Å². The molecule has 1 aliphatic heterocycles. The number of fused-ring (bicyclic) bond motifs is 1. The third kappa shape index (κ3) is 2.23. The molecule has 1 heterocycles. The molecule has 19 heavy (non-hydrogen) atoms. The summed E-state index contributed by atoms with van der Waals surface area (Å²) in [5, 5.41) is 9.29. The Kier molecular flexibility index (Phi) is 3.36. The molecule has 0 spiro atoms. The predicted molar refractivity (Wildman–Crippen MR) is 71.8 cm³/mol. The normalized spacial score (nSPS) is 15.1. The van der Waals surface area contributed by atoms with Gasteiger partial charge in [0.05, 0.1) is 11.4 Å². The quantitative estimate of drug-likeness (QED) is 0.854. The second kappa shape index (κ2) is 4.70. The molecule has 0 bridgehead atoms. The van der Waals surface area contributed by atoms with Crippen LogP contribution < -0.4 is 4.90 Å². The molecule has 1 amide bonds. The molecule has 0 atom stereocenters. The highest BCUT2D eigenvalue weighted by Crippen LogP contribution is 2.39. The highest BCUT2D eigenvalue weighted by molar-refractivity contribution is 8.00. The number of aliphatic carboxylic acids is 1. The maximum atomic E-state index is 12.1. The van der Waals surface area contributed by atoms with Crippen LogP contribution in [0.25, 0.3) is 0 Å². The Morgan fingerprint density at radius 2 is 2.16 bits per heavy atom. The van der Waals surface area contributed by atoms with Crippen molar-refractivity contribution in [3.63, 3.8) is 0 Å². The fourth-order valence-corrected chi connectivity index (χ4v) is 2.82. The zero-order valence-corrected chi connectivity index (χ0v) is 11.4. The number of carboxylic acid groups (broad SMARTS) is 1. The molecule has 1 aromatic rings. The Hall–Kier alpha value is -1.82. The van der Waals surface area contributed by atoms with Crippen molar-refractivity contribution in [3.05, 3.63) is 23.8 Å². The summed E-state index contributed by atoms with van der Waals surface area (Å²) in [7, 11) is 0. The minimum Gasteiger partial charge on any atom is -0.480 e. The molecule has 0 saturated carbocycles. The molecule has 2 rings (SSSR count). The van der Waals surface area contributed by atoms with Crippen molar-refractivity contribution in [3.8, 4) is 0 Å². The third-order valence-electron chi connectivity index (χ3n) is 3.04. The van der Waals surface area contributed by atoms with Crippen molar-refractivity contribution in [2.45, 2.75) is 24.3 Å². The lowest BCUT2D eigenvalue weighted by Crippen LogP contribution is -2.55. The van der Waals surface area contributed by atoms with E-state index < -0.39 is 11.5 Å². The largest absolute Gasteiger partial charge is 0.480 e. The number of thioether (sulfide) groups is 1. The summed E-state index contributed by atoms with van der Waals surface area (Å²) in [6, 6.07) is 4.94. The Morgan fingerprint density at radius 1 is 1.47 bits per heavy atom. The van der Waals surface area contributed by atoms with Gasteiger partial charge in [-0.1, -0.05) is 6.07 Å². The molecule has 0 fully saturated rings. The van der Waals surface area contributed by atoms with Crippen LogP contribution in [0.4, 0.5) is 5.69 Å². The molecule has 1 N–H and O–H groups in total. The van der Waals surface area contributed by atoms with E-state index in [4.69, 9.17) is 0 Å². The Morgan fingerprint density at radius 3 is 2.74 bits per heavy atom. The number of anilines is 1. The zero-order chi connectivity index (χ0) is 14.2. The van der Waals surface area contributed by atoms with Crippen LogP contribution in [0.5, 0.6) is 0 Å². The van der Waals surface area contributed by atoms with Gasteiger partial charge in [-0.2, -0.15) is 0 Å². The van der Waals surface area contributed by atoms with Gasteiger partial charge in [-0.05, 0) is 26.0 Å². The molecule has 1 aliphatic rings. The summed E-state index contributed by atoms with van der Waals surface area (Å²) >= 11 is 1.35. The average molecular weight is 279 g/mol. The van der Waals surface area contributed by atoms with E-state index >= 15 is 0 Å². The van der Waals surface area contributed by atoms with Gasteiger partial charge in [0.2, 0.25) is 5.91 Å². The fraction of sp³-hybridized carbons (Fsp3) is 0.308. The summed E-state index contributed by atoms with van der Waals surface area (Å²) in [5.41, 5.74) is -0.451. The van der Waals surface area contributed by atoms with E-state index in [1.807, 2.05) is 0 Å². The van der Waals surface area contributed by atoms with Crippen LogP contribution in [0.15, 0.2) is 23.1 Å². The number of amides is 1. The number of hydrogen-bond donors (Lipinski definition) is 1. The molecule has 0 unspecified atom stereocenters. The van der Waals surface area contributed by atoms with E-state index in [-0.39, 0.29) is 11.7 Å². The first-order chi connectivity index (χ1) is 8.87. The van der Waals surface area contributed by atoms with Crippen molar-refractivity contribution >= 4 is 35.6 Å². The van der Waals surface area contributed by atoms with E-state index in [9.17, 15) is 19.5 Å². The zero-order valence-electron chi connectivity index (χ0n) is 10.5. The van der Waals surface area contributed by atoms with Gasteiger partial charge in [0.15, 0.2) is 0 Å². The van der Waals surface area contributed by atoms with Gasteiger partial charge in [0.1, 0.15) is 11.8 Å². The topological polar surface area (TPSA) is 74.7 Å². The molecule has 0 saturated heterocycles. The number of carbonyl (C=O) groups excluding carboxylic acids is 2. The maximum absolute atomic E-state index is 12.1. The van der Waals surface area contributed by atoms with E-state index in [1.54, 1.807) is 18.2 Å². The van der Waals surface area contributed by atoms with E-state index in [0.717, 1.165) is 4.90 Å². The summed E-state index contributed by atoms with van der Waals surface area (Å²) in [6.07, 6.45) is 0.677. The highest BCUT2D eigenvalue weighted by atomic mass is 32.2. The number of hydrogen-bond acceptors (Lipinski definition) is 4. The lowest BCUT2D eigenvalue weighted by atomic mass is 10.0. The minimum atomic E-state index is -1.35. The van der Waals surface area contributed by atoms with E-state index in [1.165, 1.54) is 30.5 Å². The maximum Gasteiger partial charge on any atom is 0.329 e. The number of nitrogens with zero attached hydrogens (tertiary/aromatic N) is 1. The third-order valence-corrected chi connectivity index (χ3v) is 4.09. The number of aldehydes is 1. The molecular weight excluding hydrogens is 266 g/mol. The first-order valence-electron chi connectivity index (χ1n) is 5.66. The number of benzene rings is 1. The second-order valence-corrected chi connectivity index (χ2v) is 5.74. The van der Waals surface area contributed by atoms with Crippen molar-refractivity contribution < 1.29 is 19.5 Å². The van der Waals surface area contributed by atoms with Gasteiger partial charge in [-0.3, -0.25) is 14.5 Å². The van der Waals surface area contributed by atoms with Crippen LogP contribution in [0.1, 0.15) is 24.2 Å². The van der Waals surface area contributed by atoms with Crippen molar-refractivity contribution in [2.75, 3.05) is 10.7 Å². The summed E-state index contributed by atoms with van der Waals surface area (Å²) < 4.78 is 0. The minimum absolute atomic E-state index is 0.199. The summed E-state index contributed by atoms with van der Waals surface area (Å²) in [5.74, 6) is -1.16. The average Bonchev–Trinajstić information content (AvgIpc) is 2.37. The Labute approximate surface area is 114 Å². The standard InChI is InChI=1S/C13H13NO4S/c1-13(2,12(17)18)14-9-5-8(6-15)3-4-10(9)19-7-11(14)16/h3-6H,7H2,1-2H3,(H,17,18). The lowest BCUT2D eigenvalue weighted by molar-refractivity contribution is -0.143. The number of rotatable bonds is 3.